The van der Waals surface area contributed by atoms with E-state index in [4.69, 9.17) is 19.4 Å². The Morgan fingerprint density at radius 2 is 0.952 bits per heavy atom. The van der Waals surface area contributed by atoms with Crippen LogP contribution in [0.25, 0.3) is 132 Å². The topological polar surface area (TPSA) is 61.7 Å². The molecular formula is C57H33N5O. The Labute approximate surface area is 359 Å². The number of hydrogen-bond acceptors (Lipinski definition) is 4. The molecule has 63 heavy (non-hydrogen) atoms. The molecule has 0 spiro atoms. The summed E-state index contributed by atoms with van der Waals surface area (Å²) in [7, 11) is 0. The Kier molecular flexibility index (Phi) is 7.02. The molecule has 4 aromatic heterocycles. The van der Waals surface area contributed by atoms with Gasteiger partial charge in [0, 0.05) is 32.5 Å². The van der Waals surface area contributed by atoms with E-state index < -0.39 is 0 Å². The minimum atomic E-state index is 0.528. The molecule has 6 nitrogen and oxygen atoms in total. The summed E-state index contributed by atoms with van der Waals surface area (Å²) >= 11 is 0. The molecule has 0 radical (unpaired) electrons. The first-order chi connectivity index (χ1) is 31.2. The molecule has 0 saturated carbocycles. The summed E-state index contributed by atoms with van der Waals surface area (Å²) in [6.07, 6.45) is 0. The highest BCUT2D eigenvalue weighted by atomic mass is 16.3. The Bertz CT molecular complexity index is 4180. The normalized spacial score (nSPS) is 12.1. The Morgan fingerprint density at radius 3 is 1.73 bits per heavy atom. The van der Waals surface area contributed by atoms with Gasteiger partial charge in [-0.3, -0.25) is 4.57 Å². The van der Waals surface area contributed by atoms with Gasteiger partial charge in [-0.25, -0.2) is 4.98 Å². The SMILES string of the molecule is c1ccc2cc(-c3nc(-c4ccc(-n5c6cc7ccccc7cc6c6c7ccccc7ccc65)c5c4oc4ccccc45)nc(-n4c5ccccc5c5ccccc54)n3)ccc2c1. The minimum absolute atomic E-state index is 0.528. The first kappa shape index (κ1) is 34.1. The average molecular weight is 804 g/mol. The van der Waals surface area contributed by atoms with Crippen LogP contribution in [0.3, 0.4) is 0 Å². The summed E-state index contributed by atoms with van der Waals surface area (Å²) in [5.41, 5.74) is 8.54. The summed E-state index contributed by atoms with van der Waals surface area (Å²) in [5, 5.41) is 13.8. The van der Waals surface area contributed by atoms with Crippen LogP contribution in [0.1, 0.15) is 0 Å². The molecule has 0 atom stereocenters. The molecule has 0 aliphatic heterocycles. The van der Waals surface area contributed by atoms with E-state index in [1.165, 1.54) is 32.3 Å². The minimum Gasteiger partial charge on any atom is -0.455 e. The summed E-state index contributed by atoms with van der Waals surface area (Å²) in [5.74, 6) is 1.65. The molecule has 14 aromatic rings. The van der Waals surface area contributed by atoms with Crippen LogP contribution in [0.2, 0.25) is 0 Å². The lowest BCUT2D eigenvalue weighted by Crippen LogP contribution is -2.06. The molecule has 0 aliphatic carbocycles. The second-order valence-corrected chi connectivity index (χ2v) is 16.4. The fourth-order valence-corrected chi connectivity index (χ4v) is 10.1. The zero-order chi connectivity index (χ0) is 41.2. The highest BCUT2D eigenvalue weighted by Crippen LogP contribution is 2.44. The molecule has 0 saturated heterocycles. The molecule has 0 N–H and O–H groups in total. The maximum absolute atomic E-state index is 7.00. The van der Waals surface area contributed by atoms with Crippen molar-refractivity contribution in [3.8, 4) is 34.4 Å². The van der Waals surface area contributed by atoms with Crippen LogP contribution in [0.15, 0.2) is 205 Å². The van der Waals surface area contributed by atoms with E-state index in [0.717, 1.165) is 76.8 Å². The van der Waals surface area contributed by atoms with Crippen molar-refractivity contribution < 1.29 is 4.42 Å². The maximum atomic E-state index is 7.00. The Hall–Kier alpha value is -8.61. The summed E-state index contributed by atoms with van der Waals surface area (Å²) < 4.78 is 11.6. The van der Waals surface area contributed by atoms with E-state index >= 15 is 0 Å². The zero-order valence-corrected chi connectivity index (χ0v) is 33.7. The lowest BCUT2D eigenvalue weighted by atomic mass is 10.0. The number of para-hydroxylation sites is 3. The third-order valence-corrected chi connectivity index (χ3v) is 12.9. The van der Waals surface area contributed by atoms with Gasteiger partial charge < -0.3 is 8.98 Å². The Balaban J connectivity index is 1.09. The fourth-order valence-electron chi connectivity index (χ4n) is 10.1. The molecule has 0 amide bonds. The number of nitrogens with zero attached hydrogens (tertiary/aromatic N) is 5. The van der Waals surface area contributed by atoms with Crippen LogP contribution in [0, 0.1) is 0 Å². The van der Waals surface area contributed by atoms with E-state index in [1.807, 2.05) is 12.1 Å². The molecule has 6 heteroatoms. The van der Waals surface area contributed by atoms with Crippen LogP contribution < -0.4 is 0 Å². The molecular weight excluding hydrogens is 771 g/mol. The van der Waals surface area contributed by atoms with Crippen molar-refractivity contribution in [3.05, 3.63) is 200 Å². The van der Waals surface area contributed by atoms with Gasteiger partial charge >= 0.3 is 0 Å². The summed E-state index contributed by atoms with van der Waals surface area (Å²) in [6, 6.07) is 70.9. The number of fused-ring (bicyclic) bond motifs is 13. The zero-order valence-electron chi connectivity index (χ0n) is 33.7. The van der Waals surface area contributed by atoms with Crippen LogP contribution in [-0.4, -0.2) is 24.1 Å². The second-order valence-electron chi connectivity index (χ2n) is 16.4. The average Bonchev–Trinajstić information content (AvgIpc) is 4.01. The van der Waals surface area contributed by atoms with Gasteiger partial charge in [0.15, 0.2) is 11.6 Å². The van der Waals surface area contributed by atoms with Crippen molar-refractivity contribution >= 4 is 97.9 Å². The van der Waals surface area contributed by atoms with Crippen LogP contribution in [-0.2, 0) is 0 Å². The van der Waals surface area contributed by atoms with Crippen molar-refractivity contribution in [2.75, 3.05) is 0 Å². The molecule has 0 aliphatic rings. The standard InChI is InChI=1S/C57H33N5O/c1-2-15-36-31-39(26-25-34(36)13-1)55-58-56(60-57(59-55)62-46-22-10-7-19-41(46)42-20-8-11-23-47(42)62)44-28-30-49(53-43-21-9-12-24-51(43)63-54(44)53)61-48-29-27-35-14-5-6-18-40(35)52(48)45-32-37-16-3-4-17-38(37)33-50(45)61/h1-33H. The third-order valence-electron chi connectivity index (χ3n) is 12.9. The number of furan rings is 1. The van der Waals surface area contributed by atoms with E-state index in [0.29, 0.717) is 23.2 Å². The van der Waals surface area contributed by atoms with Gasteiger partial charge in [-0.15, -0.1) is 0 Å². The number of aromatic nitrogens is 5. The van der Waals surface area contributed by atoms with E-state index in [2.05, 4.69) is 197 Å². The summed E-state index contributed by atoms with van der Waals surface area (Å²) in [6.45, 7) is 0. The van der Waals surface area contributed by atoms with Gasteiger partial charge in [0.1, 0.15) is 11.2 Å². The van der Waals surface area contributed by atoms with Gasteiger partial charge in [0.05, 0.1) is 38.7 Å². The molecule has 292 valence electrons. The van der Waals surface area contributed by atoms with Gasteiger partial charge in [-0.2, -0.15) is 9.97 Å². The van der Waals surface area contributed by atoms with Crippen molar-refractivity contribution in [2.24, 2.45) is 0 Å². The van der Waals surface area contributed by atoms with E-state index in [-0.39, 0.29) is 0 Å². The van der Waals surface area contributed by atoms with E-state index in [9.17, 15) is 0 Å². The molecule has 0 bridgehead atoms. The fraction of sp³-hybridized carbons (Fsp3) is 0. The molecule has 0 fully saturated rings. The van der Waals surface area contributed by atoms with E-state index in [1.54, 1.807) is 0 Å². The lowest BCUT2D eigenvalue weighted by molar-refractivity contribution is 0.669. The number of hydrogen-bond donors (Lipinski definition) is 0. The predicted molar refractivity (Wildman–Crippen MR) is 259 cm³/mol. The monoisotopic (exact) mass is 803 g/mol. The highest BCUT2D eigenvalue weighted by Gasteiger charge is 2.25. The van der Waals surface area contributed by atoms with Crippen molar-refractivity contribution in [3.63, 3.8) is 0 Å². The van der Waals surface area contributed by atoms with Crippen LogP contribution >= 0.6 is 0 Å². The molecule has 4 heterocycles. The van der Waals surface area contributed by atoms with Gasteiger partial charge in [-0.1, -0.05) is 146 Å². The largest absolute Gasteiger partial charge is 0.455 e. The van der Waals surface area contributed by atoms with Gasteiger partial charge in [0.25, 0.3) is 0 Å². The van der Waals surface area contributed by atoms with Crippen molar-refractivity contribution in [1.29, 1.82) is 0 Å². The first-order valence-corrected chi connectivity index (χ1v) is 21.3. The van der Waals surface area contributed by atoms with Crippen molar-refractivity contribution in [2.45, 2.75) is 0 Å². The first-order valence-electron chi connectivity index (χ1n) is 21.3. The number of benzene rings is 10. The van der Waals surface area contributed by atoms with Crippen molar-refractivity contribution in [1.82, 2.24) is 24.1 Å². The predicted octanol–water partition coefficient (Wildman–Crippen LogP) is 14.8. The maximum Gasteiger partial charge on any atom is 0.238 e. The Morgan fingerprint density at radius 1 is 0.349 bits per heavy atom. The molecule has 10 aromatic carbocycles. The van der Waals surface area contributed by atoms with Gasteiger partial charge in [0.2, 0.25) is 5.95 Å². The molecule has 0 unspecified atom stereocenters. The van der Waals surface area contributed by atoms with Crippen LogP contribution in [0.5, 0.6) is 0 Å². The smallest absolute Gasteiger partial charge is 0.238 e. The second kappa shape index (κ2) is 12.9. The number of rotatable bonds is 4. The van der Waals surface area contributed by atoms with Gasteiger partial charge in [-0.05, 0) is 86.9 Å². The molecule has 14 rings (SSSR count). The summed E-state index contributed by atoms with van der Waals surface area (Å²) in [4.78, 5) is 16.0. The lowest BCUT2D eigenvalue weighted by Gasteiger charge is -2.14. The quantitative estimate of drug-likeness (QED) is 0.178. The third kappa shape index (κ3) is 4.97. The van der Waals surface area contributed by atoms with Crippen LogP contribution in [0.4, 0.5) is 0 Å². The highest BCUT2D eigenvalue weighted by molar-refractivity contribution is 6.24.